The Labute approximate surface area is 139 Å². The van der Waals surface area contributed by atoms with Crippen LogP contribution in [0.1, 0.15) is 64.8 Å². The molecule has 1 rings (SSSR count). The first-order valence-corrected chi connectivity index (χ1v) is 9.23. The molecule has 122 valence electrons. The highest BCUT2D eigenvalue weighted by Gasteiger charge is 2.30. The highest BCUT2D eigenvalue weighted by Crippen LogP contribution is 2.35. The van der Waals surface area contributed by atoms with Crippen LogP contribution in [0.4, 0.5) is 0 Å². The minimum Gasteiger partial charge on any atom is -0.316 e. The quantitative estimate of drug-likeness (QED) is 0.668. The van der Waals surface area contributed by atoms with Gasteiger partial charge in [-0.05, 0) is 53.6 Å². The Hall–Kier alpha value is -0.350. The van der Waals surface area contributed by atoms with Crippen molar-refractivity contribution in [3.63, 3.8) is 0 Å². The fraction of sp³-hybridized carbons (Fsp3) is 0.824. The number of aromatic nitrogens is 2. The van der Waals surface area contributed by atoms with Crippen molar-refractivity contribution in [1.29, 1.82) is 0 Å². The average Bonchev–Trinajstić information content (AvgIpc) is 2.77. The molecule has 0 saturated heterocycles. The number of nitrogens with zero attached hydrogens (tertiary/aromatic N) is 2. The van der Waals surface area contributed by atoms with E-state index < -0.39 is 0 Å². The number of halogens is 1. The van der Waals surface area contributed by atoms with Crippen LogP contribution >= 0.6 is 15.9 Å². The van der Waals surface area contributed by atoms with Gasteiger partial charge in [0.15, 0.2) is 0 Å². The first-order chi connectivity index (χ1) is 10.0. The molecule has 1 aromatic heterocycles. The van der Waals surface area contributed by atoms with Crippen molar-refractivity contribution in [2.45, 2.75) is 66.2 Å². The summed E-state index contributed by atoms with van der Waals surface area (Å²) in [5.41, 5.74) is 2.87. The van der Waals surface area contributed by atoms with Gasteiger partial charge < -0.3 is 5.32 Å². The molecule has 3 nitrogen and oxygen atoms in total. The van der Waals surface area contributed by atoms with E-state index in [0.717, 1.165) is 25.9 Å². The Morgan fingerprint density at radius 2 is 1.95 bits per heavy atom. The Bertz CT molecular complexity index is 418. The molecule has 0 amide bonds. The predicted molar refractivity (Wildman–Crippen MR) is 94.8 cm³/mol. The molecule has 1 unspecified atom stereocenters. The molecule has 1 heterocycles. The van der Waals surface area contributed by atoms with Gasteiger partial charge in [0.25, 0.3) is 0 Å². The molecule has 0 bridgehead atoms. The van der Waals surface area contributed by atoms with Gasteiger partial charge in [-0.15, -0.1) is 0 Å². The molecule has 1 atom stereocenters. The van der Waals surface area contributed by atoms with Crippen molar-refractivity contribution in [3.05, 3.63) is 15.9 Å². The van der Waals surface area contributed by atoms with Gasteiger partial charge in [0.05, 0.1) is 15.9 Å². The number of nitrogens with one attached hydrogen (secondary N) is 1. The molecular formula is C17H32BrN3. The Kier molecular flexibility index (Phi) is 7.96. The van der Waals surface area contributed by atoms with Gasteiger partial charge in [0, 0.05) is 13.6 Å². The fourth-order valence-electron chi connectivity index (χ4n) is 2.98. The monoisotopic (exact) mass is 357 g/mol. The van der Waals surface area contributed by atoms with Gasteiger partial charge in [-0.2, -0.15) is 5.10 Å². The van der Waals surface area contributed by atoms with Gasteiger partial charge in [-0.3, -0.25) is 4.68 Å². The smallest absolute Gasteiger partial charge is 0.0766 e. The van der Waals surface area contributed by atoms with Crippen molar-refractivity contribution in [3.8, 4) is 0 Å². The van der Waals surface area contributed by atoms with E-state index in [4.69, 9.17) is 0 Å². The largest absolute Gasteiger partial charge is 0.316 e. The molecule has 0 aliphatic rings. The highest BCUT2D eigenvalue weighted by molar-refractivity contribution is 9.10. The van der Waals surface area contributed by atoms with Gasteiger partial charge in [-0.1, -0.05) is 40.5 Å². The van der Waals surface area contributed by atoms with Crippen LogP contribution in [0.3, 0.4) is 0 Å². The molecule has 0 spiro atoms. The van der Waals surface area contributed by atoms with Crippen molar-refractivity contribution in [2.75, 3.05) is 13.1 Å². The number of rotatable bonds is 10. The second-order valence-corrected chi connectivity index (χ2v) is 6.89. The number of aryl methyl sites for hydroxylation is 2. The average molecular weight is 358 g/mol. The van der Waals surface area contributed by atoms with Crippen LogP contribution in [0.25, 0.3) is 0 Å². The first kappa shape index (κ1) is 18.7. The van der Waals surface area contributed by atoms with E-state index in [2.05, 4.69) is 65.8 Å². The molecule has 1 aromatic rings. The standard InChI is InChI=1S/C17H32BrN3/c1-6-10-11-17(8-3,13-19-9-4)12-15-16(18)14(7-2)20-21(15)5/h19H,6-13H2,1-5H3. The van der Waals surface area contributed by atoms with Crippen LogP contribution in [0.15, 0.2) is 4.47 Å². The topological polar surface area (TPSA) is 29.9 Å². The molecule has 21 heavy (non-hydrogen) atoms. The zero-order valence-corrected chi connectivity index (χ0v) is 16.0. The molecule has 0 saturated carbocycles. The SMILES string of the molecule is CCCCC(CC)(CNCC)Cc1c(Br)c(CC)nn1C. The predicted octanol–water partition coefficient (Wildman–Crippen LogP) is 4.48. The molecule has 0 radical (unpaired) electrons. The lowest BCUT2D eigenvalue weighted by atomic mass is 9.76. The summed E-state index contributed by atoms with van der Waals surface area (Å²) in [6.45, 7) is 11.1. The highest BCUT2D eigenvalue weighted by atomic mass is 79.9. The molecule has 1 N–H and O–H groups in total. The van der Waals surface area contributed by atoms with Crippen LogP contribution in [-0.2, 0) is 19.9 Å². The fourth-order valence-corrected chi connectivity index (χ4v) is 3.73. The van der Waals surface area contributed by atoms with E-state index in [1.165, 1.54) is 41.5 Å². The van der Waals surface area contributed by atoms with E-state index in [0.29, 0.717) is 5.41 Å². The first-order valence-electron chi connectivity index (χ1n) is 8.44. The lowest BCUT2D eigenvalue weighted by Crippen LogP contribution is -2.36. The van der Waals surface area contributed by atoms with Crippen LogP contribution in [-0.4, -0.2) is 22.9 Å². The van der Waals surface area contributed by atoms with Crippen LogP contribution < -0.4 is 5.32 Å². The minimum atomic E-state index is 0.341. The second-order valence-electron chi connectivity index (χ2n) is 6.10. The third kappa shape index (κ3) is 4.82. The Balaban J connectivity index is 3.01. The van der Waals surface area contributed by atoms with Crippen LogP contribution in [0.2, 0.25) is 0 Å². The van der Waals surface area contributed by atoms with Gasteiger partial charge in [0.2, 0.25) is 0 Å². The maximum Gasteiger partial charge on any atom is 0.0766 e. The van der Waals surface area contributed by atoms with Gasteiger partial charge in [0.1, 0.15) is 0 Å². The van der Waals surface area contributed by atoms with Crippen LogP contribution in [0, 0.1) is 5.41 Å². The second kappa shape index (κ2) is 8.94. The van der Waals surface area contributed by atoms with E-state index in [1.54, 1.807) is 0 Å². The molecular weight excluding hydrogens is 326 g/mol. The zero-order valence-electron chi connectivity index (χ0n) is 14.4. The summed E-state index contributed by atoms with van der Waals surface area (Å²) in [5, 5.41) is 8.24. The van der Waals surface area contributed by atoms with Crippen molar-refractivity contribution < 1.29 is 0 Å². The third-order valence-electron chi connectivity index (χ3n) is 4.61. The number of hydrogen-bond donors (Lipinski definition) is 1. The summed E-state index contributed by atoms with van der Waals surface area (Å²) in [5.74, 6) is 0. The summed E-state index contributed by atoms with van der Waals surface area (Å²) < 4.78 is 3.30. The maximum atomic E-state index is 4.66. The Morgan fingerprint density at radius 3 is 2.43 bits per heavy atom. The van der Waals surface area contributed by atoms with Crippen molar-refractivity contribution in [1.82, 2.24) is 15.1 Å². The van der Waals surface area contributed by atoms with E-state index in [9.17, 15) is 0 Å². The Morgan fingerprint density at radius 1 is 1.24 bits per heavy atom. The van der Waals surface area contributed by atoms with Crippen LogP contribution in [0.5, 0.6) is 0 Å². The lowest BCUT2D eigenvalue weighted by Gasteiger charge is -2.33. The van der Waals surface area contributed by atoms with Gasteiger partial charge in [-0.25, -0.2) is 0 Å². The molecule has 4 heteroatoms. The zero-order chi connectivity index (χ0) is 15.9. The van der Waals surface area contributed by atoms with E-state index >= 15 is 0 Å². The molecule has 0 aliphatic heterocycles. The lowest BCUT2D eigenvalue weighted by molar-refractivity contribution is 0.225. The summed E-state index contributed by atoms with van der Waals surface area (Å²) in [4.78, 5) is 0. The maximum absolute atomic E-state index is 4.66. The number of unbranched alkanes of at least 4 members (excludes halogenated alkanes) is 1. The normalized spacial score (nSPS) is 14.4. The summed E-state index contributed by atoms with van der Waals surface area (Å²) in [7, 11) is 2.08. The number of hydrogen-bond acceptors (Lipinski definition) is 2. The van der Waals surface area contributed by atoms with E-state index in [1.807, 2.05) is 0 Å². The molecule has 0 aliphatic carbocycles. The minimum absolute atomic E-state index is 0.341. The summed E-state index contributed by atoms with van der Waals surface area (Å²) in [6.07, 6.45) is 7.14. The van der Waals surface area contributed by atoms with Crippen molar-refractivity contribution in [2.24, 2.45) is 12.5 Å². The van der Waals surface area contributed by atoms with E-state index in [-0.39, 0.29) is 0 Å². The van der Waals surface area contributed by atoms with Gasteiger partial charge >= 0.3 is 0 Å². The molecule has 0 aromatic carbocycles. The summed E-state index contributed by atoms with van der Waals surface area (Å²) >= 11 is 3.78. The third-order valence-corrected chi connectivity index (χ3v) is 5.52. The summed E-state index contributed by atoms with van der Waals surface area (Å²) in [6, 6.07) is 0. The molecule has 0 fully saturated rings. The van der Waals surface area contributed by atoms with Crippen molar-refractivity contribution >= 4 is 15.9 Å².